The number of aryl methyl sites for hydroxylation is 3. The van der Waals surface area contributed by atoms with Gasteiger partial charge >= 0.3 is 0 Å². The van der Waals surface area contributed by atoms with Gasteiger partial charge < -0.3 is 10.1 Å². The van der Waals surface area contributed by atoms with Crippen LogP contribution in [0.25, 0.3) is 0 Å². The molecular weight excluding hydrogens is 412 g/mol. The molecule has 162 valence electrons. The summed E-state index contributed by atoms with van der Waals surface area (Å²) in [7, 11) is -2.29. The van der Waals surface area contributed by atoms with E-state index in [0.29, 0.717) is 17.0 Å². The number of rotatable bonds is 7. The fourth-order valence-electron chi connectivity index (χ4n) is 3.17. The monoisotopic (exact) mass is 438 g/mol. The van der Waals surface area contributed by atoms with Crippen molar-refractivity contribution in [3.63, 3.8) is 0 Å². The van der Waals surface area contributed by atoms with Crippen molar-refractivity contribution in [2.24, 2.45) is 0 Å². The van der Waals surface area contributed by atoms with Crippen LogP contribution in [0.5, 0.6) is 5.75 Å². The topological polar surface area (TPSA) is 84.5 Å². The van der Waals surface area contributed by atoms with E-state index in [1.807, 2.05) is 44.2 Å². The zero-order valence-corrected chi connectivity index (χ0v) is 18.8. The fourth-order valence-corrected chi connectivity index (χ4v) is 4.49. The van der Waals surface area contributed by atoms with Gasteiger partial charge in [-0.15, -0.1) is 0 Å². The molecule has 0 atom stereocenters. The maximum atomic E-state index is 13.0. The number of ether oxygens (including phenoxy) is 1. The Kier molecular flexibility index (Phi) is 6.65. The van der Waals surface area contributed by atoms with Gasteiger partial charge in [0.15, 0.2) is 0 Å². The number of methoxy groups -OCH3 is 1. The molecule has 31 heavy (non-hydrogen) atoms. The highest BCUT2D eigenvalue weighted by Crippen LogP contribution is 2.23. The number of anilines is 1. The second-order valence-corrected chi connectivity index (χ2v) is 9.03. The largest absolute Gasteiger partial charge is 0.496 e. The molecule has 0 aliphatic carbocycles. The van der Waals surface area contributed by atoms with E-state index in [-0.39, 0.29) is 22.9 Å². The lowest BCUT2D eigenvalue weighted by molar-refractivity contribution is 0.0950. The Morgan fingerprint density at radius 3 is 2.32 bits per heavy atom. The summed E-state index contributed by atoms with van der Waals surface area (Å²) in [6, 6.07) is 17.4. The minimum absolute atomic E-state index is 0.0654. The van der Waals surface area contributed by atoms with Gasteiger partial charge in [0.25, 0.3) is 15.9 Å². The normalized spacial score (nSPS) is 11.1. The number of carbonyl (C=O) groups excluding carboxylic acids is 1. The molecule has 0 fully saturated rings. The van der Waals surface area contributed by atoms with E-state index in [1.54, 1.807) is 38.3 Å². The first-order valence-corrected chi connectivity index (χ1v) is 11.3. The number of benzene rings is 3. The van der Waals surface area contributed by atoms with Gasteiger partial charge in [0.1, 0.15) is 5.75 Å². The van der Waals surface area contributed by atoms with Crippen molar-refractivity contribution in [2.75, 3.05) is 11.8 Å². The van der Waals surface area contributed by atoms with Gasteiger partial charge in [0.2, 0.25) is 0 Å². The molecule has 0 unspecified atom stereocenters. The first kappa shape index (κ1) is 22.4. The second-order valence-electron chi connectivity index (χ2n) is 7.38. The van der Waals surface area contributed by atoms with Crippen molar-refractivity contribution in [2.45, 2.75) is 32.2 Å². The van der Waals surface area contributed by atoms with Crippen molar-refractivity contribution in [1.82, 2.24) is 5.32 Å². The van der Waals surface area contributed by atoms with Gasteiger partial charge in [-0.25, -0.2) is 8.42 Å². The zero-order valence-electron chi connectivity index (χ0n) is 18.0. The first-order valence-electron chi connectivity index (χ1n) is 9.82. The van der Waals surface area contributed by atoms with Crippen LogP contribution in [0, 0.1) is 20.8 Å². The fraction of sp³-hybridized carbons (Fsp3) is 0.208. The van der Waals surface area contributed by atoms with Gasteiger partial charge in [-0.1, -0.05) is 30.3 Å². The summed E-state index contributed by atoms with van der Waals surface area (Å²) in [5, 5.41) is 2.82. The number of nitrogens with one attached hydrogen (secondary N) is 2. The summed E-state index contributed by atoms with van der Waals surface area (Å²) in [5.74, 6) is 0.307. The summed E-state index contributed by atoms with van der Waals surface area (Å²) in [4.78, 5) is 12.7. The summed E-state index contributed by atoms with van der Waals surface area (Å²) in [5.41, 5.74) is 4.19. The maximum Gasteiger partial charge on any atom is 0.262 e. The Bertz CT molecular complexity index is 1220. The van der Waals surface area contributed by atoms with E-state index in [2.05, 4.69) is 10.0 Å². The van der Waals surface area contributed by atoms with E-state index in [9.17, 15) is 13.2 Å². The molecule has 3 aromatic carbocycles. The summed E-state index contributed by atoms with van der Waals surface area (Å²) >= 11 is 0. The van der Waals surface area contributed by atoms with Crippen molar-refractivity contribution < 1.29 is 17.9 Å². The van der Waals surface area contributed by atoms with E-state index < -0.39 is 10.0 Å². The van der Waals surface area contributed by atoms with Crippen LogP contribution >= 0.6 is 0 Å². The molecule has 0 saturated heterocycles. The van der Waals surface area contributed by atoms with Gasteiger partial charge in [-0.3, -0.25) is 9.52 Å². The Balaban J connectivity index is 1.81. The van der Waals surface area contributed by atoms with E-state index in [0.717, 1.165) is 16.7 Å². The van der Waals surface area contributed by atoms with Crippen LogP contribution in [0.2, 0.25) is 0 Å². The number of para-hydroxylation sites is 1. The molecule has 0 radical (unpaired) electrons. The molecule has 3 aromatic rings. The minimum atomic E-state index is -3.86. The highest BCUT2D eigenvalue weighted by molar-refractivity contribution is 7.92. The quantitative estimate of drug-likeness (QED) is 0.574. The molecule has 0 aromatic heterocycles. The predicted molar refractivity (Wildman–Crippen MR) is 122 cm³/mol. The molecule has 6 nitrogen and oxygen atoms in total. The third kappa shape index (κ3) is 5.24. The van der Waals surface area contributed by atoms with Crippen LogP contribution in [0.3, 0.4) is 0 Å². The third-order valence-electron chi connectivity index (χ3n) is 5.13. The molecule has 7 heteroatoms. The Hall–Kier alpha value is -3.32. The molecule has 0 aliphatic rings. The number of sulfonamides is 1. The molecule has 2 N–H and O–H groups in total. The van der Waals surface area contributed by atoms with Crippen molar-refractivity contribution >= 4 is 21.6 Å². The number of carbonyl (C=O) groups is 1. The van der Waals surface area contributed by atoms with Crippen LogP contribution in [-0.2, 0) is 16.6 Å². The molecule has 0 spiro atoms. The molecule has 0 bridgehead atoms. The second kappa shape index (κ2) is 9.22. The van der Waals surface area contributed by atoms with E-state index >= 15 is 0 Å². The Morgan fingerprint density at radius 2 is 1.61 bits per heavy atom. The van der Waals surface area contributed by atoms with Crippen LogP contribution in [0.1, 0.15) is 32.6 Å². The summed E-state index contributed by atoms with van der Waals surface area (Å²) < 4.78 is 33.9. The number of hydrogen-bond acceptors (Lipinski definition) is 4. The zero-order chi connectivity index (χ0) is 22.6. The van der Waals surface area contributed by atoms with Crippen molar-refractivity contribution in [3.05, 3.63) is 88.5 Å². The number of hydrogen-bond donors (Lipinski definition) is 2. The van der Waals surface area contributed by atoms with Crippen LogP contribution < -0.4 is 14.8 Å². The van der Waals surface area contributed by atoms with Crippen LogP contribution in [0.15, 0.2) is 65.6 Å². The summed E-state index contributed by atoms with van der Waals surface area (Å²) in [6.07, 6.45) is 0. The van der Waals surface area contributed by atoms with Gasteiger partial charge in [0.05, 0.1) is 12.0 Å². The summed E-state index contributed by atoms with van der Waals surface area (Å²) in [6.45, 7) is 5.85. The van der Waals surface area contributed by atoms with E-state index in [1.165, 1.54) is 6.07 Å². The lowest BCUT2D eigenvalue weighted by atomic mass is 10.1. The third-order valence-corrected chi connectivity index (χ3v) is 6.65. The SMILES string of the molecule is COc1ccccc1CNC(=O)c1ccc(C)c(S(=O)(=O)Nc2ccc(C)c(C)c2)c1. The average molecular weight is 439 g/mol. The smallest absolute Gasteiger partial charge is 0.262 e. The maximum absolute atomic E-state index is 13.0. The molecule has 0 saturated carbocycles. The van der Waals surface area contributed by atoms with Gasteiger partial charge in [-0.2, -0.15) is 0 Å². The highest BCUT2D eigenvalue weighted by Gasteiger charge is 2.20. The van der Waals surface area contributed by atoms with Gasteiger partial charge in [0, 0.05) is 23.4 Å². The van der Waals surface area contributed by atoms with E-state index in [4.69, 9.17) is 4.74 Å². The molecule has 1 amide bonds. The highest BCUT2D eigenvalue weighted by atomic mass is 32.2. The molecular formula is C24H26N2O4S. The molecule has 0 heterocycles. The predicted octanol–water partition coefficient (Wildman–Crippen LogP) is 4.35. The van der Waals surface area contributed by atoms with Gasteiger partial charge in [-0.05, 0) is 67.8 Å². The standard InChI is InChI=1S/C24H26N2O4S/c1-16-10-12-21(13-18(16)3)26-31(28,29)23-14-19(11-9-17(23)2)24(27)25-15-20-7-5-6-8-22(20)30-4/h5-14,26H,15H2,1-4H3,(H,25,27). The molecule has 3 rings (SSSR count). The van der Waals surface area contributed by atoms with Crippen molar-refractivity contribution in [1.29, 1.82) is 0 Å². The first-order chi connectivity index (χ1) is 14.7. The number of amides is 1. The minimum Gasteiger partial charge on any atom is -0.496 e. The van der Waals surface area contributed by atoms with Crippen LogP contribution in [0.4, 0.5) is 5.69 Å². The lowest BCUT2D eigenvalue weighted by Gasteiger charge is -2.13. The lowest BCUT2D eigenvalue weighted by Crippen LogP contribution is -2.24. The average Bonchev–Trinajstić information content (AvgIpc) is 2.74. The van der Waals surface area contributed by atoms with Crippen LogP contribution in [-0.4, -0.2) is 21.4 Å². The van der Waals surface area contributed by atoms with Crippen molar-refractivity contribution in [3.8, 4) is 5.75 Å². The Morgan fingerprint density at radius 1 is 0.903 bits per heavy atom. The Labute approximate surface area is 183 Å². The molecule has 0 aliphatic heterocycles.